The molecule has 0 N–H and O–H groups in total. The Bertz CT molecular complexity index is 924. The summed E-state index contributed by atoms with van der Waals surface area (Å²) in [6.07, 6.45) is 6.34. The van der Waals surface area contributed by atoms with Crippen molar-refractivity contribution >= 4 is 15.9 Å². The Hall–Kier alpha value is -2.60. The normalized spacial score (nSPS) is 10.6. The molecule has 0 aliphatic carbocycles. The van der Waals surface area contributed by atoms with Crippen molar-refractivity contribution in [2.75, 3.05) is 13.7 Å². The highest BCUT2D eigenvalue weighted by Crippen LogP contribution is 2.28. The number of hydrogen-bond donors (Lipinski definition) is 0. The molecule has 0 aliphatic heterocycles. The van der Waals surface area contributed by atoms with Gasteiger partial charge in [0, 0.05) is 10.7 Å². The summed E-state index contributed by atoms with van der Waals surface area (Å²) in [5, 5.41) is 8.48. The maximum absolute atomic E-state index is 5.89. The average molecular weight is 442 g/mol. The van der Waals surface area contributed by atoms with Crippen LogP contribution in [0.15, 0.2) is 65.8 Å². The summed E-state index contributed by atoms with van der Waals surface area (Å²) in [4.78, 5) is 0. The quantitative estimate of drug-likeness (QED) is 0.333. The van der Waals surface area contributed by atoms with Gasteiger partial charge in [-0.3, -0.25) is 0 Å². The average Bonchev–Trinajstić information content (AvgIpc) is 3.15. The number of rotatable bonds is 10. The van der Waals surface area contributed by atoms with E-state index in [1.807, 2.05) is 53.4 Å². The molecule has 5 nitrogen and oxygen atoms in total. The predicted octanol–water partition coefficient (Wildman–Crippen LogP) is 4.84. The first-order valence-corrected chi connectivity index (χ1v) is 10.0. The number of hydrogen-bond acceptors (Lipinski definition) is 4. The van der Waals surface area contributed by atoms with Crippen molar-refractivity contribution in [1.29, 1.82) is 0 Å². The van der Waals surface area contributed by atoms with Gasteiger partial charge in [0.25, 0.3) is 0 Å². The molecule has 1 heterocycles. The molecule has 3 aromatic rings. The Morgan fingerprint density at radius 1 is 1.18 bits per heavy atom. The fraction of sp³-hybridized carbons (Fsp3) is 0.273. The lowest BCUT2D eigenvalue weighted by Gasteiger charge is -2.11. The van der Waals surface area contributed by atoms with Crippen molar-refractivity contribution in [1.82, 2.24) is 15.0 Å². The molecule has 2 aromatic carbocycles. The van der Waals surface area contributed by atoms with E-state index in [1.54, 1.807) is 7.11 Å². The Morgan fingerprint density at radius 3 is 2.82 bits per heavy atom. The van der Waals surface area contributed by atoms with Crippen LogP contribution >= 0.6 is 15.9 Å². The van der Waals surface area contributed by atoms with E-state index in [1.165, 1.54) is 5.56 Å². The third-order valence-corrected chi connectivity index (χ3v) is 5.09. The third kappa shape index (κ3) is 5.45. The molecule has 6 heteroatoms. The molecule has 0 unspecified atom stereocenters. The molecule has 3 rings (SSSR count). The second kappa shape index (κ2) is 10.1. The van der Waals surface area contributed by atoms with Crippen molar-refractivity contribution in [3.05, 3.63) is 82.6 Å². The van der Waals surface area contributed by atoms with Crippen LogP contribution in [0.4, 0.5) is 0 Å². The maximum Gasteiger partial charge on any atom is 0.161 e. The van der Waals surface area contributed by atoms with Crippen LogP contribution in [0, 0.1) is 0 Å². The zero-order valence-corrected chi connectivity index (χ0v) is 17.6. The zero-order valence-electron chi connectivity index (χ0n) is 16.0. The first-order valence-electron chi connectivity index (χ1n) is 9.22. The van der Waals surface area contributed by atoms with Gasteiger partial charge >= 0.3 is 0 Å². The fourth-order valence-corrected chi connectivity index (χ4v) is 3.30. The molecule has 0 saturated carbocycles. The summed E-state index contributed by atoms with van der Waals surface area (Å²) < 4.78 is 14.3. The van der Waals surface area contributed by atoms with E-state index in [9.17, 15) is 0 Å². The van der Waals surface area contributed by atoms with Crippen LogP contribution in [0.25, 0.3) is 0 Å². The molecular weight excluding hydrogens is 418 g/mol. The van der Waals surface area contributed by atoms with Crippen molar-refractivity contribution in [2.24, 2.45) is 0 Å². The fourth-order valence-electron chi connectivity index (χ4n) is 2.89. The van der Waals surface area contributed by atoms with Gasteiger partial charge in [0.1, 0.15) is 0 Å². The minimum Gasteiger partial charge on any atom is -0.493 e. The lowest BCUT2D eigenvalue weighted by molar-refractivity contribution is 0.289. The van der Waals surface area contributed by atoms with Crippen LogP contribution < -0.4 is 9.47 Å². The van der Waals surface area contributed by atoms with Crippen LogP contribution in [-0.4, -0.2) is 28.7 Å². The number of methoxy groups -OCH3 is 1. The molecular formula is C22H24BrN3O2. The van der Waals surface area contributed by atoms with Crippen molar-refractivity contribution in [3.63, 3.8) is 0 Å². The molecule has 28 heavy (non-hydrogen) atoms. The van der Waals surface area contributed by atoms with Gasteiger partial charge in [0.15, 0.2) is 11.5 Å². The molecule has 0 spiro atoms. The first-order chi connectivity index (χ1) is 13.7. The number of ether oxygens (including phenoxy) is 2. The molecule has 0 bridgehead atoms. The molecule has 1 aromatic heterocycles. The van der Waals surface area contributed by atoms with E-state index >= 15 is 0 Å². The van der Waals surface area contributed by atoms with E-state index in [2.05, 4.69) is 38.9 Å². The van der Waals surface area contributed by atoms with Gasteiger partial charge < -0.3 is 9.47 Å². The van der Waals surface area contributed by atoms with Crippen molar-refractivity contribution in [3.8, 4) is 11.5 Å². The van der Waals surface area contributed by atoms with Gasteiger partial charge in [-0.2, -0.15) is 0 Å². The second-order valence-corrected chi connectivity index (χ2v) is 7.28. The number of aryl methyl sites for hydroxylation is 1. The molecule has 146 valence electrons. The van der Waals surface area contributed by atoms with Gasteiger partial charge in [-0.1, -0.05) is 51.5 Å². The highest BCUT2D eigenvalue weighted by molar-refractivity contribution is 9.10. The topological polar surface area (TPSA) is 49.2 Å². The van der Waals surface area contributed by atoms with Crippen molar-refractivity contribution < 1.29 is 9.47 Å². The molecule has 0 radical (unpaired) electrons. The standard InChI is InChI=1S/C22H24BrN3O2/c1-3-7-17-11-12-21(22(14-17)27-2)28-13-6-9-19-16-26(25-24-19)15-18-8-4-5-10-20(18)23/h3-5,8,10-12,14,16H,1,6-7,9,13,15H2,2H3. The highest BCUT2D eigenvalue weighted by atomic mass is 79.9. The molecule has 0 aliphatic rings. The lowest BCUT2D eigenvalue weighted by Crippen LogP contribution is -2.02. The van der Waals surface area contributed by atoms with Crippen LogP contribution in [0.1, 0.15) is 23.2 Å². The minimum absolute atomic E-state index is 0.592. The summed E-state index contributed by atoms with van der Waals surface area (Å²) in [6, 6.07) is 14.1. The van der Waals surface area contributed by atoms with Gasteiger partial charge in [0.2, 0.25) is 0 Å². The summed E-state index contributed by atoms with van der Waals surface area (Å²) in [6.45, 7) is 5.05. The van der Waals surface area contributed by atoms with Crippen molar-refractivity contribution in [2.45, 2.75) is 25.8 Å². The van der Waals surface area contributed by atoms with Crippen LogP contribution in [0.3, 0.4) is 0 Å². The predicted molar refractivity (Wildman–Crippen MR) is 114 cm³/mol. The molecule has 0 fully saturated rings. The minimum atomic E-state index is 0.592. The lowest BCUT2D eigenvalue weighted by atomic mass is 10.1. The van der Waals surface area contributed by atoms with E-state index in [4.69, 9.17) is 9.47 Å². The number of benzene rings is 2. The number of nitrogens with zero attached hydrogens (tertiary/aromatic N) is 3. The van der Waals surface area contributed by atoms with E-state index in [-0.39, 0.29) is 0 Å². The van der Waals surface area contributed by atoms with Gasteiger partial charge in [-0.25, -0.2) is 4.68 Å². The first kappa shape index (κ1) is 20.1. The number of aromatic nitrogens is 3. The van der Waals surface area contributed by atoms with E-state index < -0.39 is 0 Å². The van der Waals surface area contributed by atoms with Crippen LogP contribution in [0.2, 0.25) is 0 Å². The molecule has 0 saturated heterocycles. The summed E-state index contributed by atoms with van der Waals surface area (Å²) in [5.41, 5.74) is 3.29. The van der Waals surface area contributed by atoms with Gasteiger partial charge in [-0.05, 0) is 48.6 Å². The number of halogens is 1. The second-order valence-electron chi connectivity index (χ2n) is 6.43. The molecule has 0 amide bonds. The summed E-state index contributed by atoms with van der Waals surface area (Å²) in [5.74, 6) is 1.51. The van der Waals surface area contributed by atoms with E-state index in [0.29, 0.717) is 13.2 Å². The van der Waals surface area contributed by atoms with Gasteiger partial charge in [0.05, 0.1) is 26.0 Å². The zero-order chi connectivity index (χ0) is 19.8. The summed E-state index contributed by atoms with van der Waals surface area (Å²) >= 11 is 3.57. The Labute approximate surface area is 174 Å². The maximum atomic E-state index is 5.89. The highest BCUT2D eigenvalue weighted by Gasteiger charge is 2.07. The third-order valence-electron chi connectivity index (χ3n) is 4.32. The SMILES string of the molecule is C=CCc1ccc(OCCCc2cn(Cc3ccccc3Br)nn2)c(OC)c1. The Kier molecular flexibility index (Phi) is 7.25. The Balaban J connectivity index is 1.49. The van der Waals surface area contributed by atoms with Crippen LogP contribution in [-0.2, 0) is 19.4 Å². The van der Waals surface area contributed by atoms with E-state index in [0.717, 1.165) is 46.5 Å². The van der Waals surface area contributed by atoms with Crippen LogP contribution in [0.5, 0.6) is 11.5 Å². The number of allylic oxidation sites excluding steroid dienone is 1. The smallest absolute Gasteiger partial charge is 0.161 e. The monoisotopic (exact) mass is 441 g/mol. The summed E-state index contributed by atoms with van der Waals surface area (Å²) in [7, 11) is 1.66. The largest absolute Gasteiger partial charge is 0.493 e. The Morgan fingerprint density at radius 2 is 2.04 bits per heavy atom. The molecule has 0 atom stereocenters. The van der Waals surface area contributed by atoms with Gasteiger partial charge in [-0.15, -0.1) is 11.7 Å².